The van der Waals surface area contributed by atoms with Crippen molar-refractivity contribution >= 4 is 5.91 Å². The Morgan fingerprint density at radius 2 is 1.88 bits per heavy atom. The standard InChI is InChI=1S/C19H28N2O3/c1-19(2)7-5-8-20-17(19)18(22)21-9-6-13-10-15(23-3)16(24-4)11-14(13)12-21/h10-11,17,20H,5-9,12H2,1-4H3. The Bertz CT molecular complexity index is 627. The zero-order valence-electron chi connectivity index (χ0n) is 15.1. The van der Waals surface area contributed by atoms with E-state index in [1.807, 2.05) is 17.0 Å². The van der Waals surface area contributed by atoms with Crippen LogP contribution in [0.25, 0.3) is 0 Å². The minimum Gasteiger partial charge on any atom is -0.493 e. The normalized spacial score (nSPS) is 22.7. The van der Waals surface area contributed by atoms with Gasteiger partial charge < -0.3 is 19.7 Å². The number of rotatable bonds is 3. The number of hydrogen-bond donors (Lipinski definition) is 1. The number of carbonyl (C=O) groups excluding carboxylic acids is 1. The summed E-state index contributed by atoms with van der Waals surface area (Å²) < 4.78 is 10.8. The molecule has 2 heterocycles. The van der Waals surface area contributed by atoms with Crippen molar-refractivity contribution in [2.24, 2.45) is 5.41 Å². The lowest BCUT2D eigenvalue weighted by Crippen LogP contribution is -2.57. The number of piperidine rings is 1. The van der Waals surface area contributed by atoms with Crippen molar-refractivity contribution < 1.29 is 14.3 Å². The van der Waals surface area contributed by atoms with Crippen molar-refractivity contribution in [3.05, 3.63) is 23.3 Å². The van der Waals surface area contributed by atoms with Crippen LogP contribution in [0.1, 0.15) is 37.8 Å². The first-order chi connectivity index (χ1) is 11.5. The highest BCUT2D eigenvalue weighted by molar-refractivity contribution is 5.83. The van der Waals surface area contributed by atoms with E-state index in [0.717, 1.165) is 49.4 Å². The zero-order valence-corrected chi connectivity index (χ0v) is 15.1. The van der Waals surface area contributed by atoms with Crippen LogP contribution in [-0.4, -0.2) is 44.2 Å². The first kappa shape index (κ1) is 17.1. The number of fused-ring (bicyclic) bond motifs is 1. The van der Waals surface area contributed by atoms with Crippen molar-refractivity contribution in [3.8, 4) is 11.5 Å². The van der Waals surface area contributed by atoms with Crippen LogP contribution < -0.4 is 14.8 Å². The average Bonchev–Trinajstić information content (AvgIpc) is 2.59. The summed E-state index contributed by atoms with van der Waals surface area (Å²) in [7, 11) is 3.30. The molecule has 24 heavy (non-hydrogen) atoms. The van der Waals surface area contributed by atoms with Gasteiger partial charge in [0.2, 0.25) is 5.91 Å². The van der Waals surface area contributed by atoms with Crippen molar-refractivity contribution in [1.82, 2.24) is 10.2 Å². The number of methoxy groups -OCH3 is 2. The highest BCUT2D eigenvalue weighted by Gasteiger charge is 2.39. The molecule has 5 nitrogen and oxygen atoms in total. The Labute approximate surface area is 144 Å². The van der Waals surface area contributed by atoms with Gasteiger partial charge >= 0.3 is 0 Å². The quantitative estimate of drug-likeness (QED) is 0.923. The van der Waals surface area contributed by atoms with Gasteiger partial charge in [0, 0.05) is 13.1 Å². The molecule has 0 aliphatic carbocycles. The van der Waals surface area contributed by atoms with Gasteiger partial charge in [0.15, 0.2) is 11.5 Å². The molecule has 0 saturated carbocycles. The summed E-state index contributed by atoms with van der Waals surface area (Å²) in [5.41, 5.74) is 2.40. The number of nitrogens with one attached hydrogen (secondary N) is 1. The van der Waals surface area contributed by atoms with E-state index in [1.54, 1.807) is 14.2 Å². The molecule has 132 valence electrons. The Morgan fingerprint density at radius 1 is 1.21 bits per heavy atom. The summed E-state index contributed by atoms with van der Waals surface area (Å²) in [5.74, 6) is 1.70. The molecule has 1 atom stereocenters. The number of nitrogens with zero attached hydrogens (tertiary/aromatic N) is 1. The van der Waals surface area contributed by atoms with Crippen LogP contribution in [0.4, 0.5) is 0 Å². The second kappa shape index (κ2) is 6.63. The van der Waals surface area contributed by atoms with Gasteiger partial charge in [-0.3, -0.25) is 4.79 Å². The van der Waals surface area contributed by atoms with Crippen molar-refractivity contribution in [3.63, 3.8) is 0 Å². The van der Waals surface area contributed by atoms with Gasteiger partial charge in [-0.05, 0) is 54.5 Å². The lowest BCUT2D eigenvalue weighted by Gasteiger charge is -2.42. The number of ether oxygens (including phenoxy) is 2. The summed E-state index contributed by atoms with van der Waals surface area (Å²) in [4.78, 5) is 15.0. The molecule has 1 fully saturated rings. The number of hydrogen-bond acceptors (Lipinski definition) is 4. The summed E-state index contributed by atoms with van der Waals surface area (Å²) >= 11 is 0. The molecule has 5 heteroatoms. The average molecular weight is 332 g/mol. The molecule has 2 aliphatic rings. The molecule has 0 bridgehead atoms. The number of amides is 1. The minimum absolute atomic E-state index is 0.00715. The van der Waals surface area contributed by atoms with Crippen molar-refractivity contribution in [2.75, 3.05) is 27.3 Å². The summed E-state index contributed by atoms with van der Waals surface area (Å²) in [6, 6.07) is 3.96. The van der Waals surface area contributed by atoms with E-state index < -0.39 is 0 Å². The molecule has 1 aromatic carbocycles. The van der Waals surface area contributed by atoms with Crippen LogP contribution in [0.15, 0.2) is 12.1 Å². The summed E-state index contributed by atoms with van der Waals surface area (Å²) in [6.45, 7) is 6.70. The molecule has 0 aromatic heterocycles. The van der Waals surface area contributed by atoms with Gasteiger partial charge in [-0.15, -0.1) is 0 Å². The molecule has 1 saturated heterocycles. The van der Waals surface area contributed by atoms with E-state index in [4.69, 9.17) is 9.47 Å². The fraction of sp³-hybridized carbons (Fsp3) is 0.632. The molecule has 3 rings (SSSR count). The van der Waals surface area contributed by atoms with Gasteiger partial charge in [-0.25, -0.2) is 0 Å². The lowest BCUT2D eigenvalue weighted by molar-refractivity contribution is -0.138. The maximum absolute atomic E-state index is 13.1. The molecule has 1 N–H and O–H groups in total. The fourth-order valence-corrected chi connectivity index (χ4v) is 3.89. The Hall–Kier alpha value is -1.75. The molecule has 1 aromatic rings. The largest absolute Gasteiger partial charge is 0.493 e. The first-order valence-corrected chi connectivity index (χ1v) is 8.72. The second-order valence-corrected chi connectivity index (χ2v) is 7.46. The van der Waals surface area contributed by atoms with Crippen LogP contribution in [0.3, 0.4) is 0 Å². The third kappa shape index (κ3) is 3.09. The van der Waals surface area contributed by atoms with Crippen LogP contribution in [0.5, 0.6) is 11.5 Å². The van der Waals surface area contributed by atoms with E-state index in [9.17, 15) is 4.79 Å². The van der Waals surface area contributed by atoms with E-state index in [0.29, 0.717) is 6.54 Å². The van der Waals surface area contributed by atoms with Crippen LogP contribution >= 0.6 is 0 Å². The van der Waals surface area contributed by atoms with Gasteiger partial charge in [0.25, 0.3) is 0 Å². The van der Waals surface area contributed by atoms with Gasteiger partial charge in [-0.2, -0.15) is 0 Å². The SMILES string of the molecule is COc1cc2c(cc1OC)CN(C(=O)C1NCCCC1(C)C)CC2. The van der Waals surface area contributed by atoms with Gasteiger partial charge in [0.1, 0.15) is 0 Å². The third-order valence-corrected chi connectivity index (χ3v) is 5.40. The predicted octanol–water partition coefficient (Wildman–Crippen LogP) is 2.37. The predicted molar refractivity (Wildman–Crippen MR) is 93.5 cm³/mol. The monoisotopic (exact) mass is 332 g/mol. The highest BCUT2D eigenvalue weighted by Crippen LogP contribution is 2.35. The highest BCUT2D eigenvalue weighted by atomic mass is 16.5. The van der Waals surface area contributed by atoms with Crippen LogP contribution in [0, 0.1) is 5.41 Å². The topological polar surface area (TPSA) is 50.8 Å². The molecule has 2 aliphatic heterocycles. The smallest absolute Gasteiger partial charge is 0.240 e. The maximum Gasteiger partial charge on any atom is 0.240 e. The number of carbonyl (C=O) groups is 1. The minimum atomic E-state index is -0.0899. The fourth-order valence-electron chi connectivity index (χ4n) is 3.89. The summed E-state index contributed by atoms with van der Waals surface area (Å²) in [6.07, 6.45) is 3.08. The van der Waals surface area contributed by atoms with E-state index >= 15 is 0 Å². The van der Waals surface area contributed by atoms with Crippen LogP contribution in [0.2, 0.25) is 0 Å². The van der Waals surface area contributed by atoms with Gasteiger partial charge in [0.05, 0.1) is 20.3 Å². The van der Waals surface area contributed by atoms with E-state index in [1.165, 1.54) is 5.56 Å². The first-order valence-electron chi connectivity index (χ1n) is 8.72. The van der Waals surface area contributed by atoms with E-state index in [2.05, 4.69) is 19.2 Å². The lowest BCUT2D eigenvalue weighted by atomic mass is 9.76. The molecule has 0 radical (unpaired) electrons. The molecular formula is C19H28N2O3. The van der Waals surface area contributed by atoms with Crippen molar-refractivity contribution in [2.45, 2.75) is 45.7 Å². The Morgan fingerprint density at radius 3 is 2.50 bits per heavy atom. The van der Waals surface area contributed by atoms with Gasteiger partial charge in [-0.1, -0.05) is 13.8 Å². The zero-order chi connectivity index (χ0) is 17.3. The Balaban J connectivity index is 1.80. The third-order valence-electron chi connectivity index (χ3n) is 5.40. The molecular weight excluding hydrogens is 304 g/mol. The van der Waals surface area contributed by atoms with Crippen LogP contribution in [-0.2, 0) is 17.8 Å². The molecule has 1 unspecified atom stereocenters. The van der Waals surface area contributed by atoms with E-state index in [-0.39, 0.29) is 17.4 Å². The maximum atomic E-state index is 13.1. The molecule has 0 spiro atoms. The Kier molecular flexibility index (Phi) is 4.72. The summed E-state index contributed by atoms with van der Waals surface area (Å²) in [5, 5.41) is 3.44. The second-order valence-electron chi connectivity index (χ2n) is 7.46. The van der Waals surface area contributed by atoms with Crippen molar-refractivity contribution in [1.29, 1.82) is 0 Å². The number of benzene rings is 1. The molecule has 1 amide bonds.